The molecule has 0 aromatic heterocycles. The molecule has 1 heterocycles. The number of hydrogen-bond donors (Lipinski definition) is 1. The van der Waals surface area contributed by atoms with Crippen molar-refractivity contribution < 1.29 is 37.8 Å². The standard InChI is InChI=1S/C34H57ClO8Si2/c1-14-17-39-33(38)32-30(42-44(20(2)3,21(4)5)22(6)7)29(37)31(43-45(23(8)9,24(10)11)25(12)13)34(41-32)40-28-16-15-26(19-36)18-27(28)35/h14-16,18-25,29-32,34,37H,1,17H2,2-13H3/t29-,30-,31+,32-,34+/m0/s1. The van der Waals surface area contributed by atoms with Crippen molar-refractivity contribution in [3.8, 4) is 5.75 Å². The maximum Gasteiger partial charge on any atom is 0.338 e. The number of benzene rings is 1. The van der Waals surface area contributed by atoms with E-state index in [4.69, 9.17) is 34.7 Å². The van der Waals surface area contributed by atoms with E-state index in [1.54, 1.807) is 12.1 Å². The first-order valence-corrected chi connectivity index (χ1v) is 21.0. The highest BCUT2D eigenvalue weighted by Crippen LogP contribution is 2.48. The number of aliphatic hydroxyl groups is 1. The Balaban J connectivity index is 2.81. The molecule has 1 N–H and O–H groups in total. The van der Waals surface area contributed by atoms with Crippen molar-refractivity contribution in [1.82, 2.24) is 0 Å². The van der Waals surface area contributed by atoms with Crippen molar-refractivity contribution in [2.24, 2.45) is 0 Å². The van der Waals surface area contributed by atoms with Crippen LogP contribution in [0.15, 0.2) is 30.9 Å². The monoisotopic (exact) mass is 684 g/mol. The van der Waals surface area contributed by atoms with E-state index in [1.165, 1.54) is 12.1 Å². The predicted octanol–water partition coefficient (Wildman–Crippen LogP) is 8.47. The third kappa shape index (κ3) is 8.31. The highest BCUT2D eigenvalue weighted by Gasteiger charge is 2.59. The van der Waals surface area contributed by atoms with Crippen molar-refractivity contribution in [2.45, 2.75) is 147 Å². The van der Waals surface area contributed by atoms with Gasteiger partial charge in [-0.2, -0.15) is 0 Å². The zero-order valence-corrected chi connectivity index (χ0v) is 32.1. The number of hydrogen-bond acceptors (Lipinski definition) is 8. The quantitative estimate of drug-likeness (QED) is 0.0801. The number of carbonyl (C=O) groups excluding carboxylic acids is 2. The number of rotatable bonds is 16. The molecular weight excluding hydrogens is 628 g/mol. The second kappa shape index (κ2) is 16.5. The van der Waals surface area contributed by atoms with Crippen LogP contribution in [0, 0.1) is 0 Å². The predicted molar refractivity (Wildman–Crippen MR) is 185 cm³/mol. The molecule has 1 aromatic rings. The van der Waals surface area contributed by atoms with Crippen molar-refractivity contribution in [3.05, 3.63) is 41.4 Å². The van der Waals surface area contributed by atoms with E-state index in [-0.39, 0.29) is 50.6 Å². The van der Waals surface area contributed by atoms with Gasteiger partial charge in [-0.25, -0.2) is 4.79 Å². The molecule has 256 valence electrons. The summed E-state index contributed by atoms with van der Waals surface area (Å²) >= 11 is 6.53. The smallest absolute Gasteiger partial charge is 0.338 e. The van der Waals surface area contributed by atoms with E-state index in [9.17, 15) is 14.7 Å². The average Bonchev–Trinajstić information content (AvgIpc) is 2.94. The Morgan fingerprint density at radius 1 is 0.889 bits per heavy atom. The molecule has 0 aliphatic carbocycles. The molecule has 1 fully saturated rings. The molecule has 0 amide bonds. The van der Waals surface area contributed by atoms with E-state index in [2.05, 4.69) is 89.7 Å². The molecule has 45 heavy (non-hydrogen) atoms. The third-order valence-corrected chi connectivity index (χ3v) is 22.0. The van der Waals surface area contributed by atoms with Gasteiger partial charge in [0.05, 0.1) is 5.02 Å². The number of carbonyl (C=O) groups is 2. The van der Waals surface area contributed by atoms with Gasteiger partial charge in [0, 0.05) is 5.56 Å². The molecule has 0 saturated carbocycles. The molecule has 0 unspecified atom stereocenters. The molecule has 1 aliphatic rings. The van der Waals surface area contributed by atoms with Gasteiger partial charge in [-0.05, 0) is 51.4 Å². The minimum atomic E-state index is -2.65. The number of aliphatic hydroxyl groups excluding tert-OH is 1. The Morgan fingerprint density at radius 2 is 1.36 bits per heavy atom. The molecule has 5 atom stereocenters. The fraction of sp³-hybridized carbons (Fsp3) is 0.706. The Kier molecular flexibility index (Phi) is 14.6. The zero-order valence-electron chi connectivity index (χ0n) is 29.3. The summed E-state index contributed by atoms with van der Waals surface area (Å²) in [6.45, 7) is 29.5. The van der Waals surface area contributed by atoms with Crippen LogP contribution < -0.4 is 4.74 Å². The van der Waals surface area contributed by atoms with Gasteiger partial charge in [-0.3, -0.25) is 4.79 Å². The van der Waals surface area contributed by atoms with Gasteiger partial charge in [-0.1, -0.05) is 107 Å². The van der Waals surface area contributed by atoms with E-state index in [0.717, 1.165) is 0 Å². The fourth-order valence-corrected chi connectivity index (χ4v) is 19.0. The minimum Gasteiger partial charge on any atom is -0.460 e. The normalized spacial score (nSPS) is 23.0. The fourth-order valence-electron chi connectivity index (χ4n) is 7.69. The first kappa shape index (κ1) is 39.6. The summed E-state index contributed by atoms with van der Waals surface area (Å²) in [6, 6.07) is 4.64. The van der Waals surface area contributed by atoms with Crippen LogP contribution >= 0.6 is 11.6 Å². The first-order valence-electron chi connectivity index (χ1n) is 16.3. The largest absolute Gasteiger partial charge is 0.460 e. The van der Waals surface area contributed by atoms with Gasteiger partial charge < -0.3 is 28.2 Å². The Hall–Kier alpha value is -1.54. The summed E-state index contributed by atoms with van der Waals surface area (Å²) in [6.07, 6.45) is -3.77. The Labute approximate surface area is 278 Å². The van der Waals surface area contributed by atoms with Gasteiger partial charge in [-0.15, -0.1) is 0 Å². The van der Waals surface area contributed by atoms with Crippen LogP contribution in [0.25, 0.3) is 0 Å². The summed E-state index contributed by atoms with van der Waals surface area (Å²) in [5.74, 6) is -0.459. The zero-order chi connectivity index (χ0) is 34.4. The summed E-state index contributed by atoms with van der Waals surface area (Å²) in [5, 5.41) is 12.6. The van der Waals surface area contributed by atoms with Crippen LogP contribution in [-0.2, 0) is 23.1 Å². The lowest BCUT2D eigenvalue weighted by Crippen LogP contribution is -2.68. The van der Waals surface area contributed by atoms with Gasteiger partial charge >= 0.3 is 5.97 Å². The molecular formula is C34H57ClO8Si2. The van der Waals surface area contributed by atoms with Crippen LogP contribution in [0.4, 0.5) is 0 Å². The third-order valence-electron chi connectivity index (χ3n) is 9.53. The molecule has 0 bridgehead atoms. The lowest BCUT2D eigenvalue weighted by molar-refractivity contribution is -0.266. The van der Waals surface area contributed by atoms with Gasteiger partial charge in [0.25, 0.3) is 0 Å². The van der Waals surface area contributed by atoms with Crippen LogP contribution in [-0.4, -0.2) is 71.3 Å². The second-order valence-electron chi connectivity index (χ2n) is 14.1. The molecule has 1 aromatic carbocycles. The second-order valence-corrected chi connectivity index (χ2v) is 25.3. The molecule has 11 heteroatoms. The topological polar surface area (TPSA) is 101 Å². The van der Waals surface area contributed by atoms with Crippen molar-refractivity contribution in [3.63, 3.8) is 0 Å². The molecule has 0 radical (unpaired) electrons. The van der Waals surface area contributed by atoms with Crippen molar-refractivity contribution in [1.29, 1.82) is 0 Å². The molecule has 8 nitrogen and oxygen atoms in total. The summed E-state index contributed by atoms with van der Waals surface area (Å²) in [5.41, 5.74) is 1.46. The van der Waals surface area contributed by atoms with E-state index in [1.807, 2.05) is 0 Å². The number of ether oxygens (including phenoxy) is 3. The highest BCUT2D eigenvalue weighted by molar-refractivity contribution is 6.78. The lowest BCUT2D eigenvalue weighted by atomic mass is 9.99. The molecule has 1 aliphatic heterocycles. The summed E-state index contributed by atoms with van der Waals surface area (Å²) < 4.78 is 32.7. The van der Waals surface area contributed by atoms with E-state index < -0.39 is 53.3 Å². The van der Waals surface area contributed by atoms with Crippen molar-refractivity contribution >= 4 is 40.5 Å². The average molecular weight is 685 g/mol. The Morgan fingerprint density at radius 3 is 1.76 bits per heavy atom. The first-order chi connectivity index (χ1) is 20.9. The van der Waals surface area contributed by atoms with Gasteiger partial charge in [0.2, 0.25) is 22.9 Å². The molecule has 1 saturated heterocycles. The van der Waals surface area contributed by atoms with Crippen LogP contribution in [0.1, 0.15) is 93.4 Å². The highest BCUT2D eigenvalue weighted by atomic mass is 35.5. The van der Waals surface area contributed by atoms with E-state index in [0.29, 0.717) is 11.8 Å². The van der Waals surface area contributed by atoms with Crippen LogP contribution in [0.3, 0.4) is 0 Å². The lowest BCUT2D eigenvalue weighted by Gasteiger charge is -2.53. The number of halogens is 1. The maximum absolute atomic E-state index is 13.7. The number of aldehydes is 1. The maximum atomic E-state index is 13.7. The summed E-state index contributed by atoms with van der Waals surface area (Å²) in [7, 11) is -5.29. The minimum absolute atomic E-state index is 0.0306. The SMILES string of the molecule is C=CCOC(=O)[C@H]1O[C@@H](Oc2ccc(C=O)cc2Cl)[C@H](O[Si](C(C)C)(C(C)C)C(C)C)[C@@H](O)[C@@H]1O[Si](C(C)C)(C(C)C)C(C)C. The molecule has 0 spiro atoms. The van der Waals surface area contributed by atoms with Crippen LogP contribution in [0.5, 0.6) is 5.75 Å². The van der Waals surface area contributed by atoms with E-state index >= 15 is 0 Å². The van der Waals surface area contributed by atoms with Crippen LogP contribution in [0.2, 0.25) is 38.3 Å². The summed E-state index contributed by atoms with van der Waals surface area (Å²) in [4.78, 5) is 25.0. The van der Waals surface area contributed by atoms with Crippen molar-refractivity contribution in [2.75, 3.05) is 6.61 Å². The Bertz CT molecular complexity index is 1100. The van der Waals surface area contributed by atoms with Gasteiger partial charge in [0.15, 0.2) is 6.10 Å². The number of esters is 1. The molecule has 2 rings (SSSR count). The van der Waals surface area contributed by atoms with Gasteiger partial charge in [0.1, 0.15) is 37.0 Å².